The van der Waals surface area contributed by atoms with Gasteiger partial charge >= 0.3 is 0 Å². The number of halogens is 2. The largest absolute Gasteiger partial charge is 0.323 e. The molecule has 0 spiro atoms. The molecule has 30 heavy (non-hydrogen) atoms. The van der Waals surface area contributed by atoms with Crippen molar-refractivity contribution < 1.29 is 9.18 Å². The van der Waals surface area contributed by atoms with Gasteiger partial charge in [0.1, 0.15) is 11.6 Å². The lowest BCUT2D eigenvalue weighted by Gasteiger charge is -2.18. The lowest BCUT2D eigenvalue weighted by Crippen LogP contribution is -2.25. The summed E-state index contributed by atoms with van der Waals surface area (Å²) in [5.74, 6) is 0.313. The van der Waals surface area contributed by atoms with E-state index in [1.165, 1.54) is 6.07 Å². The number of benzene rings is 3. The molecule has 1 amide bonds. The molecule has 2 heterocycles. The summed E-state index contributed by atoms with van der Waals surface area (Å²) < 4.78 is 17.5. The van der Waals surface area contributed by atoms with E-state index in [1.807, 2.05) is 30.3 Å². The molecule has 1 aliphatic rings. The summed E-state index contributed by atoms with van der Waals surface area (Å²) in [4.78, 5) is 19.2. The Bertz CT molecular complexity index is 1230. The zero-order chi connectivity index (χ0) is 20.7. The first-order chi connectivity index (χ1) is 14.6. The standard InChI is InChI=1S/C24H19BrFN3O/c25-18-11-9-16(10-12-18)14-29-22-8-4-2-6-20(22)27-24(29)17-13-23(30)28(15-17)21-7-3-1-5-19(21)26/h1-12,17H,13-15H2. The summed E-state index contributed by atoms with van der Waals surface area (Å²) in [5, 5.41) is 0. The Labute approximate surface area is 182 Å². The van der Waals surface area contributed by atoms with Crippen LogP contribution in [0.2, 0.25) is 0 Å². The molecular formula is C24H19BrFN3O. The quantitative estimate of drug-likeness (QED) is 0.400. The van der Waals surface area contributed by atoms with Gasteiger partial charge in [0.2, 0.25) is 5.91 Å². The van der Waals surface area contributed by atoms with Gasteiger partial charge in [0.15, 0.2) is 0 Å². The first-order valence-electron chi connectivity index (χ1n) is 9.84. The molecular weight excluding hydrogens is 445 g/mol. The molecule has 1 saturated heterocycles. The number of nitrogens with zero attached hydrogens (tertiary/aromatic N) is 3. The van der Waals surface area contributed by atoms with Gasteiger partial charge in [-0.3, -0.25) is 4.79 Å². The fourth-order valence-corrected chi connectivity index (χ4v) is 4.39. The number of para-hydroxylation sites is 3. The molecule has 1 fully saturated rings. The molecule has 1 atom stereocenters. The van der Waals surface area contributed by atoms with Crippen molar-refractivity contribution in [1.82, 2.24) is 9.55 Å². The summed E-state index contributed by atoms with van der Waals surface area (Å²) in [6.07, 6.45) is 0.317. The van der Waals surface area contributed by atoms with E-state index in [2.05, 4.69) is 38.7 Å². The Hall–Kier alpha value is -2.99. The molecule has 4 aromatic rings. The second-order valence-corrected chi connectivity index (χ2v) is 8.44. The highest BCUT2D eigenvalue weighted by atomic mass is 79.9. The summed E-state index contributed by atoms with van der Waals surface area (Å²) in [5.41, 5.74) is 3.42. The molecule has 0 saturated carbocycles. The number of fused-ring (bicyclic) bond motifs is 1. The molecule has 0 radical (unpaired) electrons. The van der Waals surface area contributed by atoms with Crippen LogP contribution in [0.15, 0.2) is 77.3 Å². The van der Waals surface area contributed by atoms with Crippen molar-refractivity contribution in [3.63, 3.8) is 0 Å². The van der Waals surface area contributed by atoms with Gasteiger partial charge in [0, 0.05) is 29.9 Å². The van der Waals surface area contributed by atoms with E-state index in [9.17, 15) is 9.18 Å². The Kier molecular flexibility index (Phi) is 4.87. The summed E-state index contributed by atoms with van der Waals surface area (Å²) >= 11 is 3.48. The first-order valence-corrected chi connectivity index (χ1v) is 10.6. The van der Waals surface area contributed by atoms with Crippen molar-refractivity contribution in [3.05, 3.63) is 94.5 Å². The second-order valence-electron chi connectivity index (χ2n) is 7.53. The monoisotopic (exact) mass is 463 g/mol. The summed E-state index contributed by atoms with van der Waals surface area (Å²) in [7, 11) is 0. The smallest absolute Gasteiger partial charge is 0.227 e. The molecule has 3 aromatic carbocycles. The van der Waals surface area contributed by atoms with Crippen LogP contribution in [0.5, 0.6) is 0 Å². The SMILES string of the molecule is O=C1CC(c2nc3ccccc3n2Cc2ccc(Br)cc2)CN1c1ccccc1F. The number of hydrogen-bond donors (Lipinski definition) is 0. The number of anilines is 1. The van der Waals surface area contributed by atoms with Crippen LogP contribution in [0.1, 0.15) is 23.7 Å². The maximum Gasteiger partial charge on any atom is 0.227 e. The molecule has 1 aromatic heterocycles. The topological polar surface area (TPSA) is 38.1 Å². The third kappa shape index (κ3) is 3.41. The predicted molar refractivity (Wildman–Crippen MR) is 119 cm³/mol. The van der Waals surface area contributed by atoms with Crippen molar-refractivity contribution in [1.29, 1.82) is 0 Å². The van der Waals surface area contributed by atoms with Gasteiger partial charge in [-0.2, -0.15) is 0 Å². The van der Waals surface area contributed by atoms with Gasteiger partial charge in [0.05, 0.1) is 16.7 Å². The normalized spacial score (nSPS) is 16.5. The molecule has 0 N–H and O–H groups in total. The molecule has 5 rings (SSSR count). The maximum atomic E-state index is 14.3. The summed E-state index contributed by atoms with van der Waals surface area (Å²) in [6.45, 7) is 1.08. The van der Waals surface area contributed by atoms with Crippen LogP contribution >= 0.6 is 15.9 Å². The summed E-state index contributed by atoms with van der Waals surface area (Å²) in [6, 6.07) is 22.6. The highest BCUT2D eigenvalue weighted by Gasteiger charge is 2.35. The van der Waals surface area contributed by atoms with Crippen LogP contribution in [-0.4, -0.2) is 22.0 Å². The van der Waals surface area contributed by atoms with Gasteiger partial charge < -0.3 is 9.47 Å². The highest BCUT2D eigenvalue weighted by molar-refractivity contribution is 9.10. The molecule has 6 heteroatoms. The van der Waals surface area contributed by atoms with Gasteiger partial charge in [-0.05, 0) is 42.0 Å². The van der Waals surface area contributed by atoms with Crippen molar-refractivity contribution in [3.8, 4) is 0 Å². The lowest BCUT2D eigenvalue weighted by atomic mass is 10.1. The van der Waals surface area contributed by atoms with Crippen LogP contribution in [-0.2, 0) is 11.3 Å². The Balaban J connectivity index is 1.53. The Morgan fingerprint density at radius 3 is 2.53 bits per heavy atom. The number of rotatable bonds is 4. The second kappa shape index (κ2) is 7.69. The van der Waals surface area contributed by atoms with Crippen molar-refractivity contribution in [2.24, 2.45) is 0 Å². The van der Waals surface area contributed by atoms with Crippen LogP contribution < -0.4 is 4.90 Å². The molecule has 0 bridgehead atoms. The number of amides is 1. The predicted octanol–water partition coefficient (Wildman–Crippen LogP) is 5.51. The molecule has 4 nitrogen and oxygen atoms in total. The minimum atomic E-state index is -0.380. The fraction of sp³-hybridized carbons (Fsp3) is 0.167. The minimum absolute atomic E-state index is 0.0765. The van der Waals surface area contributed by atoms with Gasteiger partial charge in [-0.15, -0.1) is 0 Å². The van der Waals surface area contributed by atoms with E-state index >= 15 is 0 Å². The van der Waals surface area contributed by atoms with E-state index in [-0.39, 0.29) is 17.6 Å². The lowest BCUT2D eigenvalue weighted by molar-refractivity contribution is -0.117. The van der Waals surface area contributed by atoms with Crippen LogP contribution in [0.25, 0.3) is 11.0 Å². The van der Waals surface area contributed by atoms with Crippen molar-refractivity contribution >= 4 is 38.6 Å². The molecule has 1 unspecified atom stereocenters. The zero-order valence-corrected chi connectivity index (χ0v) is 17.7. The highest BCUT2D eigenvalue weighted by Crippen LogP contribution is 2.34. The van der Waals surface area contributed by atoms with Crippen molar-refractivity contribution in [2.45, 2.75) is 18.9 Å². The van der Waals surface area contributed by atoms with Gasteiger partial charge in [-0.25, -0.2) is 9.37 Å². The van der Waals surface area contributed by atoms with E-state index in [1.54, 1.807) is 23.1 Å². The number of aromatic nitrogens is 2. The zero-order valence-electron chi connectivity index (χ0n) is 16.1. The van der Waals surface area contributed by atoms with E-state index < -0.39 is 0 Å². The third-order valence-electron chi connectivity index (χ3n) is 5.57. The van der Waals surface area contributed by atoms with Crippen LogP contribution in [0, 0.1) is 5.82 Å². The maximum absolute atomic E-state index is 14.3. The first kappa shape index (κ1) is 19.0. The third-order valence-corrected chi connectivity index (χ3v) is 6.10. The molecule has 1 aliphatic heterocycles. The number of carbonyl (C=O) groups is 1. The average molecular weight is 464 g/mol. The minimum Gasteiger partial charge on any atom is -0.323 e. The van der Waals surface area contributed by atoms with E-state index in [0.29, 0.717) is 25.2 Å². The van der Waals surface area contributed by atoms with Crippen LogP contribution in [0.4, 0.5) is 10.1 Å². The molecule has 150 valence electrons. The number of carbonyl (C=O) groups excluding carboxylic acids is 1. The van der Waals surface area contributed by atoms with Gasteiger partial charge in [-0.1, -0.05) is 52.3 Å². The van der Waals surface area contributed by atoms with Crippen LogP contribution in [0.3, 0.4) is 0 Å². The molecule has 0 aliphatic carbocycles. The van der Waals surface area contributed by atoms with E-state index in [4.69, 9.17) is 4.98 Å². The Morgan fingerprint density at radius 1 is 1.00 bits per heavy atom. The number of imidazole rings is 1. The number of hydrogen-bond acceptors (Lipinski definition) is 2. The van der Waals surface area contributed by atoms with Gasteiger partial charge in [0.25, 0.3) is 0 Å². The average Bonchev–Trinajstić information content (AvgIpc) is 3.31. The van der Waals surface area contributed by atoms with Crippen molar-refractivity contribution in [2.75, 3.05) is 11.4 Å². The van der Waals surface area contributed by atoms with E-state index in [0.717, 1.165) is 26.9 Å². The fourth-order valence-electron chi connectivity index (χ4n) is 4.13. The Morgan fingerprint density at radius 2 is 1.73 bits per heavy atom.